The Balaban J connectivity index is 1.78. The number of fused-ring (bicyclic) bond motifs is 2. The van der Waals surface area contributed by atoms with Crippen molar-refractivity contribution in [2.24, 2.45) is 0 Å². The Kier molecular flexibility index (Phi) is 5.01. The van der Waals surface area contributed by atoms with Crippen LogP contribution in [0.4, 0.5) is 0 Å². The van der Waals surface area contributed by atoms with Crippen molar-refractivity contribution in [1.82, 2.24) is 14.5 Å². The number of aromatic amines is 1. The van der Waals surface area contributed by atoms with Gasteiger partial charge in [0.25, 0.3) is 5.56 Å². The Labute approximate surface area is 188 Å². The summed E-state index contributed by atoms with van der Waals surface area (Å²) in [6, 6.07) is 7.83. The van der Waals surface area contributed by atoms with Crippen molar-refractivity contribution in [3.63, 3.8) is 0 Å². The van der Waals surface area contributed by atoms with Crippen molar-refractivity contribution < 1.29 is 24.1 Å². The molecule has 0 fully saturated rings. The molecular formula is C23H23N3O7. The number of aromatic nitrogens is 2. The molecule has 5 rings (SSSR count). The Bertz CT molecular complexity index is 1360. The Morgan fingerprint density at radius 2 is 1.94 bits per heavy atom. The van der Waals surface area contributed by atoms with E-state index in [0.29, 0.717) is 47.2 Å². The molecule has 0 spiro atoms. The summed E-state index contributed by atoms with van der Waals surface area (Å²) in [7, 11) is 4.87. The van der Waals surface area contributed by atoms with Gasteiger partial charge in [0.15, 0.2) is 11.5 Å². The van der Waals surface area contributed by atoms with Crippen LogP contribution in [0, 0.1) is 0 Å². The molecule has 0 aliphatic carbocycles. The number of likely N-dealkylation sites (N-methyl/N-ethyl adjacent to an activating group) is 1. The molecular weight excluding hydrogens is 430 g/mol. The first-order valence-electron chi connectivity index (χ1n) is 10.4. The SMILES string of the molecule is COc1cccc(-n2c(O)c([C@@H]3c4c(cc5c(c4OC)OCO5)CCN3C)c(=O)[nH]c2=O)c1. The van der Waals surface area contributed by atoms with Gasteiger partial charge in [-0.3, -0.25) is 14.7 Å². The summed E-state index contributed by atoms with van der Waals surface area (Å²) in [5.41, 5.74) is 0.542. The molecule has 172 valence electrons. The van der Waals surface area contributed by atoms with Crippen LogP contribution in [0.2, 0.25) is 0 Å². The van der Waals surface area contributed by atoms with Crippen LogP contribution < -0.4 is 30.2 Å². The Morgan fingerprint density at radius 1 is 1.12 bits per heavy atom. The van der Waals surface area contributed by atoms with E-state index in [-0.39, 0.29) is 12.4 Å². The lowest BCUT2D eigenvalue weighted by Crippen LogP contribution is -2.39. The van der Waals surface area contributed by atoms with E-state index in [1.807, 2.05) is 18.0 Å². The summed E-state index contributed by atoms with van der Waals surface area (Å²) >= 11 is 0. The summed E-state index contributed by atoms with van der Waals surface area (Å²) < 4.78 is 23.2. The summed E-state index contributed by atoms with van der Waals surface area (Å²) in [6.45, 7) is 0.680. The van der Waals surface area contributed by atoms with E-state index in [2.05, 4.69) is 4.98 Å². The van der Waals surface area contributed by atoms with Gasteiger partial charge in [-0.25, -0.2) is 9.36 Å². The molecule has 10 heteroatoms. The van der Waals surface area contributed by atoms with Gasteiger partial charge in [-0.05, 0) is 37.2 Å². The van der Waals surface area contributed by atoms with E-state index in [9.17, 15) is 14.7 Å². The van der Waals surface area contributed by atoms with Crippen molar-refractivity contribution >= 4 is 0 Å². The van der Waals surface area contributed by atoms with Gasteiger partial charge in [-0.15, -0.1) is 0 Å². The quantitative estimate of drug-likeness (QED) is 0.612. The number of methoxy groups -OCH3 is 2. The second-order valence-electron chi connectivity index (χ2n) is 7.88. The van der Waals surface area contributed by atoms with Crippen molar-refractivity contribution in [2.75, 3.05) is 34.6 Å². The second-order valence-corrected chi connectivity index (χ2v) is 7.88. The summed E-state index contributed by atoms with van der Waals surface area (Å²) in [5.74, 6) is 1.51. The number of rotatable bonds is 4. The molecule has 3 heterocycles. The highest BCUT2D eigenvalue weighted by atomic mass is 16.7. The van der Waals surface area contributed by atoms with Crippen molar-refractivity contribution in [1.29, 1.82) is 0 Å². The third-order valence-corrected chi connectivity index (χ3v) is 6.10. The van der Waals surface area contributed by atoms with Gasteiger partial charge in [-0.1, -0.05) is 6.07 Å². The maximum Gasteiger partial charge on any atom is 0.335 e. The normalized spacial score (nSPS) is 17.0. The summed E-state index contributed by atoms with van der Waals surface area (Å²) in [4.78, 5) is 30.1. The molecule has 1 aromatic heterocycles. The molecule has 0 bridgehead atoms. The monoisotopic (exact) mass is 453 g/mol. The number of H-pyrrole nitrogens is 1. The van der Waals surface area contributed by atoms with Crippen molar-refractivity contribution in [3.8, 4) is 34.6 Å². The highest BCUT2D eigenvalue weighted by Gasteiger charge is 2.38. The summed E-state index contributed by atoms with van der Waals surface area (Å²) in [6.07, 6.45) is 0.684. The number of ether oxygens (including phenoxy) is 4. The maximum atomic E-state index is 13.1. The molecule has 33 heavy (non-hydrogen) atoms. The molecule has 0 radical (unpaired) electrons. The fraction of sp³-hybridized carbons (Fsp3) is 0.304. The van der Waals surface area contributed by atoms with Crippen LogP contribution in [0.15, 0.2) is 39.9 Å². The van der Waals surface area contributed by atoms with Gasteiger partial charge >= 0.3 is 5.69 Å². The molecule has 3 aromatic rings. The molecule has 0 unspecified atom stereocenters. The zero-order valence-corrected chi connectivity index (χ0v) is 18.4. The molecule has 2 aliphatic rings. The molecule has 0 amide bonds. The average molecular weight is 453 g/mol. The van der Waals surface area contributed by atoms with Gasteiger partial charge in [0.2, 0.25) is 18.4 Å². The smallest absolute Gasteiger partial charge is 0.335 e. The zero-order valence-electron chi connectivity index (χ0n) is 18.4. The second kappa shape index (κ2) is 7.89. The van der Waals surface area contributed by atoms with Crippen LogP contribution in [0.25, 0.3) is 5.69 Å². The lowest BCUT2D eigenvalue weighted by atomic mass is 9.87. The van der Waals surface area contributed by atoms with Crippen LogP contribution in [-0.2, 0) is 6.42 Å². The van der Waals surface area contributed by atoms with E-state index in [4.69, 9.17) is 18.9 Å². The number of nitrogens with one attached hydrogen (secondary N) is 1. The van der Waals surface area contributed by atoms with Gasteiger partial charge in [0.05, 0.1) is 31.5 Å². The van der Waals surface area contributed by atoms with Crippen LogP contribution in [0.1, 0.15) is 22.7 Å². The highest BCUT2D eigenvalue weighted by Crippen LogP contribution is 2.51. The third-order valence-electron chi connectivity index (χ3n) is 6.10. The first-order valence-corrected chi connectivity index (χ1v) is 10.4. The van der Waals surface area contributed by atoms with Crippen LogP contribution >= 0.6 is 0 Å². The van der Waals surface area contributed by atoms with E-state index in [1.165, 1.54) is 14.2 Å². The van der Waals surface area contributed by atoms with Gasteiger partial charge in [0, 0.05) is 18.2 Å². The van der Waals surface area contributed by atoms with E-state index in [0.717, 1.165) is 10.1 Å². The first kappa shape index (κ1) is 21.0. The number of benzene rings is 2. The van der Waals surface area contributed by atoms with E-state index >= 15 is 0 Å². The fourth-order valence-electron chi connectivity index (χ4n) is 4.57. The molecule has 1 atom stereocenters. The minimum Gasteiger partial charge on any atom is -0.497 e. The van der Waals surface area contributed by atoms with Crippen LogP contribution in [-0.4, -0.2) is 54.2 Å². The Hall–Kier alpha value is -3.92. The van der Waals surface area contributed by atoms with E-state index in [1.54, 1.807) is 24.3 Å². The topological polar surface area (TPSA) is 115 Å². The number of aromatic hydroxyl groups is 1. The van der Waals surface area contributed by atoms with Gasteiger partial charge in [0.1, 0.15) is 5.75 Å². The molecule has 0 saturated carbocycles. The van der Waals surface area contributed by atoms with Gasteiger partial charge in [-0.2, -0.15) is 0 Å². The molecule has 2 N–H and O–H groups in total. The highest BCUT2D eigenvalue weighted by molar-refractivity contribution is 5.63. The Morgan fingerprint density at radius 3 is 2.70 bits per heavy atom. The third kappa shape index (κ3) is 3.21. The van der Waals surface area contributed by atoms with Crippen molar-refractivity contribution in [3.05, 3.63) is 67.9 Å². The standard InChI is InChI=1S/C23H23N3O7/c1-25-8-7-12-9-15-19(33-11-32-15)20(31-3)16(12)18(25)17-21(27)24-23(29)26(22(17)28)13-5-4-6-14(10-13)30-2/h4-6,9-10,18,28H,7-8,11H2,1-3H3,(H,24,27,29)/t18-/m0/s1. The predicted molar refractivity (Wildman–Crippen MR) is 118 cm³/mol. The van der Waals surface area contributed by atoms with Crippen molar-refractivity contribution in [2.45, 2.75) is 12.5 Å². The molecule has 0 saturated heterocycles. The fourth-order valence-corrected chi connectivity index (χ4v) is 4.57. The molecule has 10 nitrogen and oxygen atoms in total. The first-order chi connectivity index (χ1) is 15.9. The number of hydrogen-bond donors (Lipinski definition) is 2. The zero-order chi connectivity index (χ0) is 23.3. The van der Waals surface area contributed by atoms with E-state index < -0.39 is 23.2 Å². The average Bonchev–Trinajstić information content (AvgIpc) is 3.27. The lowest BCUT2D eigenvalue weighted by molar-refractivity contribution is 0.170. The van der Waals surface area contributed by atoms with Crippen LogP contribution in [0.5, 0.6) is 28.9 Å². The molecule has 2 aromatic carbocycles. The summed E-state index contributed by atoms with van der Waals surface area (Å²) in [5, 5.41) is 11.3. The van der Waals surface area contributed by atoms with Gasteiger partial charge < -0.3 is 24.1 Å². The minimum absolute atomic E-state index is 0.0260. The number of hydrogen-bond acceptors (Lipinski definition) is 8. The minimum atomic E-state index is -0.758. The lowest BCUT2D eigenvalue weighted by Gasteiger charge is -2.35. The maximum absolute atomic E-state index is 13.1. The number of nitrogens with zero attached hydrogens (tertiary/aromatic N) is 2. The molecule has 2 aliphatic heterocycles. The predicted octanol–water partition coefficient (Wildman–Crippen LogP) is 1.55. The van der Waals surface area contributed by atoms with Crippen LogP contribution in [0.3, 0.4) is 0 Å². The largest absolute Gasteiger partial charge is 0.497 e.